The first-order chi connectivity index (χ1) is 10.1. The maximum Gasteiger partial charge on any atom is 0.168 e. The van der Waals surface area contributed by atoms with Gasteiger partial charge in [-0.1, -0.05) is 22.0 Å². The summed E-state index contributed by atoms with van der Waals surface area (Å²) in [6, 6.07) is 5.42. The van der Waals surface area contributed by atoms with Crippen molar-refractivity contribution in [1.29, 1.82) is 0 Å². The van der Waals surface area contributed by atoms with Crippen LogP contribution in [0.1, 0.15) is 31.2 Å². The summed E-state index contributed by atoms with van der Waals surface area (Å²) in [5.41, 5.74) is 1.12. The van der Waals surface area contributed by atoms with Gasteiger partial charge in [-0.25, -0.2) is 4.39 Å². The van der Waals surface area contributed by atoms with Crippen molar-refractivity contribution in [3.8, 4) is 0 Å². The summed E-state index contributed by atoms with van der Waals surface area (Å²) in [7, 11) is 2.13. The largest absolute Gasteiger partial charge is 0.348 e. The predicted molar refractivity (Wildman–Crippen MR) is 82.5 cm³/mol. The summed E-state index contributed by atoms with van der Waals surface area (Å²) in [6.45, 7) is 2.27. The molecule has 1 aromatic carbocycles. The van der Waals surface area contributed by atoms with E-state index in [-0.39, 0.29) is 11.6 Å². The van der Waals surface area contributed by atoms with Crippen LogP contribution in [0, 0.1) is 5.82 Å². The molecule has 0 unspecified atom stereocenters. The van der Waals surface area contributed by atoms with E-state index in [1.54, 1.807) is 0 Å². The number of rotatable bonds is 3. The summed E-state index contributed by atoms with van der Waals surface area (Å²) in [4.78, 5) is 2.35. The summed E-state index contributed by atoms with van der Waals surface area (Å²) < 4.78 is 25.5. The maximum atomic E-state index is 13.1. The minimum absolute atomic E-state index is 0.205. The van der Waals surface area contributed by atoms with E-state index in [1.165, 1.54) is 12.1 Å². The Labute approximate surface area is 133 Å². The van der Waals surface area contributed by atoms with Gasteiger partial charge in [-0.05, 0) is 37.6 Å². The molecule has 0 atom stereocenters. The lowest BCUT2D eigenvalue weighted by Crippen LogP contribution is -2.42. The van der Waals surface area contributed by atoms with Gasteiger partial charge in [0.05, 0.1) is 13.2 Å². The highest BCUT2D eigenvalue weighted by atomic mass is 79.9. The second kappa shape index (κ2) is 6.32. The number of ether oxygens (including phenoxy) is 2. The molecule has 2 fully saturated rings. The van der Waals surface area contributed by atoms with Crippen LogP contribution in [0.5, 0.6) is 0 Å². The van der Waals surface area contributed by atoms with E-state index in [0.717, 1.165) is 55.5 Å². The van der Waals surface area contributed by atoms with Gasteiger partial charge in [0.15, 0.2) is 5.79 Å². The fourth-order valence-corrected chi connectivity index (χ4v) is 3.79. The lowest BCUT2D eigenvalue weighted by Gasteiger charge is -2.39. The molecule has 116 valence electrons. The van der Waals surface area contributed by atoms with Gasteiger partial charge in [0.1, 0.15) is 5.82 Å². The van der Waals surface area contributed by atoms with Crippen molar-refractivity contribution in [2.45, 2.75) is 44.1 Å². The highest BCUT2D eigenvalue weighted by Crippen LogP contribution is 2.37. The van der Waals surface area contributed by atoms with Crippen LogP contribution >= 0.6 is 15.9 Å². The Hall–Kier alpha value is -0.490. The predicted octanol–water partition coefficient (Wildman–Crippen LogP) is 3.71. The van der Waals surface area contributed by atoms with Crippen LogP contribution in [-0.2, 0) is 16.0 Å². The van der Waals surface area contributed by atoms with Crippen molar-refractivity contribution in [3.63, 3.8) is 0 Å². The number of hydrogen-bond acceptors (Lipinski definition) is 3. The Kier molecular flexibility index (Phi) is 4.64. The van der Waals surface area contributed by atoms with Crippen molar-refractivity contribution < 1.29 is 13.9 Å². The third-order valence-electron chi connectivity index (χ3n) is 4.59. The van der Waals surface area contributed by atoms with Gasteiger partial charge in [0.2, 0.25) is 0 Å². The van der Waals surface area contributed by atoms with Gasteiger partial charge in [0, 0.05) is 29.9 Å². The Morgan fingerprint density at radius 2 is 1.95 bits per heavy atom. The van der Waals surface area contributed by atoms with Crippen molar-refractivity contribution >= 4 is 15.9 Å². The molecule has 1 spiro atoms. The SMILES string of the molecule is CN(Cc1ccc(F)cc1Br)C1CCC2(CC1)OCCO2. The topological polar surface area (TPSA) is 21.7 Å². The molecule has 0 radical (unpaired) electrons. The molecule has 21 heavy (non-hydrogen) atoms. The monoisotopic (exact) mass is 357 g/mol. The minimum atomic E-state index is -0.298. The van der Waals surface area contributed by atoms with Crippen LogP contribution in [0.2, 0.25) is 0 Å². The Bertz CT molecular complexity index is 495. The van der Waals surface area contributed by atoms with Gasteiger partial charge in [0.25, 0.3) is 0 Å². The van der Waals surface area contributed by atoms with E-state index in [0.29, 0.717) is 6.04 Å². The first kappa shape index (κ1) is 15.4. The maximum absolute atomic E-state index is 13.1. The third-order valence-corrected chi connectivity index (χ3v) is 5.33. The molecule has 1 saturated heterocycles. The summed E-state index contributed by atoms with van der Waals surface area (Å²) >= 11 is 3.44. The smallest absolute Gasteiger partial charge is 0.168 e. The van der Waals surface area contributed by atoms with Crippen LogP contribution in [0.4, 0.5) is 4.39 Å². The molecule has 1 heterocycles. The Balaban J connectivity index is 1.57. The van der Waals surface area contributed by atoms with Crippen LogP contribution in [-0.4, -0.2) is 37.0 Å². The van der Waals surface area contributed by atoms with Crippen LogP contribution < -0.4 is 0 Å². The first-order valence-corrected chi connectivity index (χ1v) is 8.29. The van der Waals surface area contributed by atoms with Crippen LogP contribution in [0.3, 0.4) is 0 Å². The number of hydrogen-bond donors (Lipinski definition) is 0. The molecule has 0 bridgehead atoms. The number of benzene rings is 1. The molecular weight excluding hydrogens is 337 g/mol. The quantitative estimate of drug-likeness (QED) is 0.822. The highest BCUT2D eigenvalue weighted by Gasteiger charge is 2.41. The summed E-state index contributed by atoms with van der Waals surface area (Å²) in [5.74, 6) is -0.503. The Morgan fingerprint density at radius 1 is 1.29 bits per heavy atom. The summed E-state index contributed by atoms with van der Waals surface area (Å²) in [5, 5.41) is 0. The van der Waals surface area contributed by atoms with E-state index < -0.39 is 0 Å². The molecule has 0 N–H and O–H groups in total. The molecule has 1 aromatic rings. The third kappa shape index (κ3) is 3.47. The highest BCUT2D eigenvalue weighted by molar-refractivity contribution is 9.10. The van der Waals surface area contributed by atoms with E-state index in [2.05, 4.69) is 27.9 Å². The fourth-order valence-electron chi connectivity index (χ4n) is 3.32. The van der Waals surface area contributed by atoms with Crippen LogP contribution in [0.15, 0.2) is 22.7 Å². The van der Waals surface area contributed by atoms with Gasteiger partial charge in [-0.2, -0.15) is 0 Å². The molecular formula is C16H21BrFNO2. The molecule has 2 aliphatic rings. The average Bonchev–Trinajstić information content (AvgIpc) is 2.91. The van der Waals surface area contributed by atoms with E-state index >= 15 is 0 Å². The molecule has 0 aromatic heterocycles. The normalized spacial score (nSPS) is 22.3. The van der Waals surface area contributed by atoms with Crippen molar-refractivity contribution in [1.82, 2.24) is 4.90 Å². The molecule has 3 rings (SSSR count). The van der Waals surface area contributed by atoms with Crippen LogP contribution in [0.25, 0.3) is 0 Å². The second-order valence-corrected chi connectivity index (χ2v) is 6.84. The lowest BCUT2D eigenvalue weighted by atomic mass is 9.89. The summed E-state index contributed by atoms with van der Waals surface area (Å²) in [6.07, 6.45) is 4.09. The zero-order chi connectivity index (χ0) is 14.9. The van der Waals surface area contributed by atoms with E-state index in [1.807, 2.05) is 6.07 Å². The van der Waals surface area contributed by atoms with Gasteiger partial charge >= 0.3 is 0 Å². The second-order valence-electron chi connectivity index (χ2n) is 5.99. The molecule has 3 nitrogen and oxygen atoms in total. The van der Waals surface area contributed by atoms with Crippen molar-refractivity contribution in [3.05, 3.63) is 34.1 Å². The lowest BCUT2D eigenvalue weighted by molar-refractivity contribution is -0.183. The molecule has 0 amide bonds. The van der Waals surface area contributed by atoms with E-state index in [4.69, 9.17) is 9.47 Å². The van der Waals surface area contributed by atoms with Crippen molar-refractivity contribution in [2.75, 3.05) is 20.3 Å². The minimum Gasteiger partial charge on any atom is -0.348 e. The average molecular weight is 358 g/mol. The van der Waals surface area contributed by atoms with Gasteiger partial charge < -0.3 is 9.47 Å². The molecule has 1 aliphatic heterocycles. The molecule has 1 aliphatic carbocycles. The Morgan fingerprint density at radius 3 is 2.57 bits per heavy atom. The fraction of sp³-hybridized carbons (Fsp3) is 0.625. The zero-order valence-corrected chi connectivity index (χ0v) is 13.9. The van der Waals surface area contributed by atoms with Crippen molar-refractivity contribution in [2.24, 2.45) is 0 Å². The molecule has 1 saturated carbocycles. The first-order valence-electron chi connectivity index (χ1n) is 7.50. The van der Waals surface area contributed by atoms with Gasteiger partial charge in [-0.15, -0.1) is 0 Å². The number of nitrogens with zero attached hydrogens (tertiary/aromatic N) is 1. The van der Waals surface area contributed by atoms with E-state index in [9.17, 15) is 4.39 Å². The zero-order valence-electron chi connectivity index (χ0n) is 12.3. The standard InChI is InChI=1S/C16H21BrFNO2/c1-19(11-12-2-3-13(18)10-15(12)17)14-4-6-16(7-5-14)20-8-9-21-16/h2-3,10,14H,4-9,11H2,1H3. The van der Waals surface area contributed by atoms with Gasteiger partial charge in [-0.3, -0.25) is 4.90 Å². The molecule has 5 heteroatoms. The number of halogens is 2.